The fraction of sp³-hybridized carbons (Fsp3) is 0.222. The third kappa shape index (κ3) is 4.56. The van der Waals surface area contributed by atoms with Crippen molar-refractivity contribution in [1.29, 1.82) is 0 Å². The standard InChI is InChI=1S/C18H20O3/c1-3-20-17-11-15(12-18(13-17)21-4-2)6-5-14-7-9-16(19)10-8-14/h5-13,19H,3-4H2,1-2H3/b6-5+. The van der Waals surface area contributed by atoms with Crippen molar-refractivity contribution in [2.75, 3.05) is 13.2 Å². The van der Waals surface area contributed by atoms with E-state index >= 15 is 0 Å². The lowest BCUT2D eigenvalue weighted by Crippen LogP contribution is -1.95. The summed E-state index contributed by atoms with van der Waals surface area (Å²) >= 11 is 0. The number of rotatable bonds is 6. The van der Waals surface area contributed by atoms with Gasteiger partial charge in [-0.25, -0.2) is 0 Å². The van der Waals surface area contributed by atoms with Crippen molar-refractivity contribution in [1.82, 2.24) is 0 Å². The van der Waals surface area contributed by atoms with Crippen molar-refractivity contribution in [3.63, 3.8) is 0 Å². The fourth-order valence-corrected chi connectivity index (χ4v) is 1.97. The van der Waals surface area contributed by atoms with Crippen LogP contribution in [0.3, 0.4) is 0 Å². The molecule has 1 N–H and O–H groups in total. The van der Waals surface area contributed by atoms with Crippen molar-refractivity contribution in [3.05, 3.63) is 53.6 Å². The summed E-state index contributed by atoms with van der Waals surface area (Å²) in [7, 11) is 0. The zero-order chi connectivity index (χ0) is 15.1. The average Bonchev–Trinajstić information content (AvgIpc) is 2.47. The van der Waals surface area contributed by atoms with E-state index in [4.69, 9.17) is 9.47 Å². The Bertz CT molecular complexity index is 576. The van der Waals surface area contributed by atoms with E-state index in [1.165, 1.54) is 0 Å². The molecule has 2 aromatic rings. The molecule has 0 aliphatic carbocycles. The van der Waals surface area contributed by atoms with E-state index in [0.29, 0.717) is 13.2 Å². The van der Waals surface area contributed by atoms with E-state index in [2.05, 4.69) is 0 Å². The Balaban J connectivity index is 2.22. The summed E-state index contributed by atoms with van der Waals surface area (Å²) in [6.07, 6.45) is 3.98. The van der Waals surface area contributed by atoms with Crippen LogP contribution in [0.15, 0.2) is 42.5 Å². The van der Waals surface area contributed by atoms with Crippen LogP contribution in [0.4, 0.5) is 0 Å². The van der Waals surface area contributed by atoms with Gasteiger partial charge >= 0.3 is 0 Å². The summed E-state index contributed by atoms with van der Waals surface area (Å²) in [5.74, 6) is 1.87. The Morgan fingerprint density at radius 2 is 1.33 bits per heavy atom. The molecule has 0 unspecified atom stereocenters. The summed E-state index contributed by atoms with van der Waals surface area (Å²) < 4.78 is 11.1. The van der Waals surface area contributed by atoms with E-state index in [-0.39, 0.29) is 5.75 Å². The van der Waals surface area contributed by atoms with E-state index in [9.17, 15) is 5.11 Å². The Morgan fingerprint density at radius 3 is 1.86 bits per heavy atom. The van der Waals surface area contributed by atoms with Crippen LogP contribution in [-0.4, -0.2) is 18.3 Å². The molecule has 0 saturated carbocycles. The first kappa shape index (κ1) is 15.0. The van der Waals surface area contributed by atoms with Gasteiger partial charge in [0.15, 0.2) is 0 Å². The van der Waals surface area contributed by atoms with Crippen LogP contribution in [-0.2, 0) is 0 Å². The minimum Gasteiger partial charge on any atom is -0.508 e. The van der Waals surface area contributed by atoms with Gasteiger partial charge in [-0.1, -0.05) is 24.3 Å². The quantitative estimate of drug-likeness (QED) is 0.801. The molecule has 0 aromatic heterocycles. The highest BCUT2D eigenvalue weighted by Gasteiger charge is 2.01. The van der Waals surface area contributed by atoms with Gasteiger partial charge in [0.25, 0.3) is 0 Å². The smallest absolute Gasteiger partial charge is 0.123 e. The third-order valence-corrected chi connectivity index (χ3v) is 2.89. The maximum atomic E-state index is 9.28. The molecule has 0 radical (unpaired) electrons. The molecule has 0 aliphatic heterocycles. The first-order valence-corrected chi connectivity index (χ1v) is 7.09. The molecule has 0 spiro atoms. The fourth-order valence-electron chi connectivity index (χ4n) is 1.97. The summed E-state index contributed by atoms with van der Waals surface area (Å²) in [5.41, 5.74) is 2.03. The molecule has 0 bridgehead atoms. The Kier molecular flexibility index (Phi) is 5.27. The minimum absolute atomic E-state index is 0.268. The molecule has 110 valence electrons. The molecule has 0 heterocycles. The minimum atomic E-state index is 0.268. The van der Waals surface area contributed by atoms with E-state index < -0.39 is 0 Å². The van der Waals surface area contributed by atoms with Crippen LogP contribution >= 0.6 is 0 Å². The zero-order valence-electron chi connectivity index (χ0n) is 12.4. The number of phenols is 1. The topological polar surface area (TPSA) is 38.7 Å². The van der Waals surface area contributed by atoms with Crippen LogP contribution < -0.4 is 9.47 Å². The highest BCUT2D eigenvalue weighted by molar-refractivity contribution is 5.71. The van der Waals surface area contributed by atoms with E-state index in [0.717, 1.165) is 22.6 Å². The number of benzene rings is 2. The van der Waals surface area contributed by atoms with Crippen LogP contribution in [0.1, 0.15) is 25.0 Å². The van der Waals surface area contributed by atoms with Gasteiger partial charge in [-0.15, -0.1) is 0 Å². The second kappa shape index (κ2) is 7.39. The van der Waals surface area contributed by atoms with Crippen molar-refractivity contribution >= 4 is 12.2 Å². The molecule has 0 atom stereocenters. The Hall–Kier alpha value is -2.42. The van der Waals surface area contributed by atoms with Gasteiger partial charge in [0.2, 0.25) is 0 Å². The normalized spacial score (nSPS) is 10.8. The largest absolute Gasteiger partial charge is 0.508 e. The SMILES string of the molecule is CCOc1cc(/C=C/c2ccc(O)cc2)cc(OCC)c1. The first-order valence-electron chi connectivity index (χ1n) is 7.09. The Morgan fingerprint density at radius 1 is 0.810 bits per heavy atom. The van der Waals surface area contributed by atoms with Crippen LogP contribution in [0, 0.1) is 0 Å². The average molecular weight is 284 g/mol. The molecule has 21 heavy (non-hydrogen) atoms. The van der Waals surface area contributed by atoms with Crippen molar-refractivity contribution in [2.45, 2.75) is 13.8 Å². The van der Waals surface area contributed by atoms with Crippen molar-refractivity contribution in [3.8, 4) is 17.2 Å². The monoisotopic (exact) mass is 284 g/mol. The second-order valence-electron chi connectivity index (χ2n) is 4.53. The highest BCUT2D eigenvalue weighted by Crippen LogP contribution is 2.24. The number of phenolic OH excluding ortho intramolecular Hbond substituents is 1. The molecule has 2 rings (SSSR count). The van der Waals surface area contributed by atoms with Crippen molar-refractivity contribution < 1.29 is 14.6 Å². The second-order valence-corrected chi connectivity index (χ2v) is 4.53. The predicted octanol–water partition coefficient (Wildman–Crippen LogP) is 4.36. The first-order chi connectivity index (χ1) is 10.2. The highest BCUT2D eigenvalue weighted by atomic mass is 16.5. The zero-order valence-corrected chi connectivity index (χ0v) is 12.4. The summed E-state index contributed by atoms with van der Waals surface area (Å²) in [5, 5.41) is 9.28. The van der Waals surface area contributed by atoms with Crippen molar-refractivity contribution in [2.24, 2.45) is 0 Å². The lowest BCUT2D eigenvalue weighted by molar-refractivity contribution is 0.323. The molecule has 2 aromatic carbocycles. The maximum Gasteiger partial charge on any atom is 0.123 e. The van der Waals surface area contributed by atoms with E-state index in [1.54, 1.807) is 12.1 Å². The van der Waals surface area contributed by atoms with Gasteiger partial charge in [0.05, 0.1) is 13.2 Å². The molecule has 0 saturated heterocycles. The number of aromatic hydroxyl groups is 1. The van der Waals surface area contributed by atoms with Gasteiger partial charge in [-0.3, -0.25) is 0 Å². The lowest BCUT2D eigenvalue weighted by Gasteiger charge is -2.09. The number of ether oxygens (including phenoxy) is 2. The molecule has 0 aliphatic rings. The predicted molar refractivity (Wildman–Crippen MR) is 85.8 cm³/mol. The van der Waals surface area contributed by atoms with Gasteiger partial charge < -0.3 is 14.6 Å². The van der Waals surface area contributed by atoms with Gasteiger partial charge in [-0.2, -0.15) is 0 Å². The summed E-state index contributed by atoms with van der Waals surface area (Å²) in [6.45, 7) is 5.16. The van der Waals surface area contributed by atoms with Gasteiger partial charge in [0, 0.05) is 6.07 Å². The molecule has 0 fully saturated rings. The van der Waals surface area contributed by atoms with Crippen LogP contribution in [0.25, 0.3) is 12.2 Å². The number of hydrogen-bond donors (Lipinski definition) is 1. The number of hydrogen-bond acceptors (Lipinski definition) is 3. The molecule has 0 amide bonds. The van der Waals surface area contributed by atoms with E-state index in [1.807, 2.05) is 56.3 Å². The Labute approximate surface area is 125 Å². The van der Waals surface area contributed by atoms with Crippen LogP contribution in [0.2, 0.25) is 0 Å². The third-order valence-electron chi connectivity index (χ3n) is 2.89. The molecular weight excluding hydrogens is 264 g/mol. The maximum absolute atomic E-state index is 9.28. The molecule has 3 heteroatoms. The summed E-state index contributed by atoms with van der Waals surface area (Å²) in [4.78, 5) is 0. The molecule has 3 nitrogen and oxygen atoms in total. The van der Waals surface area contributed by atoms with Crippen LogP contribution in [0.5, 0.6) is 17.2 Å². The lowest BCUT2D eigenvalue weighted by atomic mass is 10.1. The summed E-state index contributed by atoms with van der Waals surface area (Å²) in [6, 6.07) is 12.9. The van der Waals surface area contributed by atoms with Gasteiger partial charge in [0.1, 0.15) is 17.2 Å². The van der Waals surface area contributed by atoms with Gasteiger partial charge in [-0.05, 0) is 49.2 Å². The molecular formula is C18H20O3.